The van der Waals surface area contributed by atoms with Gasteiger partial charge in [0.15, 0.2) is 0 Å². The second-order valence-corrected chi connectivity index (χ2v) is 5.01. The molecule has 1 unspecified atom stereocenters. The van der Waals surface area contributed by atoms with Crippen LogP contribution in [0.25, 0.3) is 0 Å². The number of halogens is 1. The summed E-state index contributed by atoms with van der Waals surface area (Å²) in [6.45, 7) is 0. The molecule has 1 aromatic heterocycles. The van der Waals surface area contributed by atoms with Crippen molar-refractivity contribution in [3.63, 3.8) is 0 Å². The van der Waals surface area contributed by atoms with Crippen LogP contribution in [0.4, 0.5) is 4.39 Å². The molecule has 1 aromatic carbocycles. The van der Waals surface area contributed by atoms with E-state index in [0.717, 1.165) is 24.2 Å². The van der Waals surface area contributed by atoms with E-state index in [0.29, 0.717) is 11.7 Å². The van der Waals surface area contributed by atoms with Gasteiger partial charge in [0, 0.05) is 11.8 Å². The Morgan fingerprint density at radius 1 is 1.25 bits per heavy atom. The van der Waals surface area contributed by atoms with Gasteiger partial charge < -0.3 is 10.1 Å². The first-order valence-electron chi connectivity index (χ1n) is 6.81. The highest BCUT2D eigenvalue weighted by Crippen LogP contribution is 2.29. The monoisotopic (exact) mass is 272 g/mol. The third-order valence-corrected chi connectivity index (χ3v) is 3.44. The van der Waals surface area contributed by atoms with E-state index in [4.69, 9.17) is 4.74 Å². The first-order valence-corrected chi connectivity index (χ1v) is 6.81. The second kappa shape index (κ2) is 5.59. The average molecular weight is 272 g/mol. The molecular weight excluding hydrogens is 255 g/mol. The van der Waals surface area contributed by atoms with E-state index in [9.17, 15) is 4.39 Å². The lowest BCUT2D eigenvalue weighted by atomic mass is 9.99. The molecule has 1 N–H and O–H groups in total. The summed E-state index contributed by atoms with van der Waals surface area (Å²) in [6, 6.07) is 9.34. The number of ether oxygens (including phenoxy) is 1. The summed E-state index contributed by atoms with van der Waals surface area (Å²) in [6.07, 6.45) is 5.52. The number of nitrogens with zero attached hydrogens (tertiary/aromatic N) is 1. The van der Waals surface area contributed by atoms with Crippen LogP contribution < -0.4 is 10.1 Å². The highest BCUT2D eigenvalue weighted by atomic mass is 19.1. The minimum absolute atomic E-state index is 0.187. The van der Waals surface area contributed by atoms with Crippen molar-refractivity contribution in [3.8, 4) is 5.75 Å². The molecular formula is C16H17FN2O. The molecule has 2 aromatic rings. The number of aromatic nitrogens is 1. The molecule has 4 heteroatoms. The van der Waals surface area contributed by atoms with Crippen molar-refractivity contribution in [3.05, 3.63) is 59.7 Å². The molecule has 104 valence electrons. The number of rotatable bonds is 5. The van der Waals surface area contributed by atoms with Gasteiger partial charge in [0.05, 0.1) is 18.3 Å². The number of nitrogens with one attached hydrogen (secondary N) is 1. The molecule has 1 atom stereocenters. The number of benzene rings is 1. The van der Waals surface area contributed by atoms with Crippen LogP contribution in [0.15, 0.2) is 42.7 Å². The Morgan fingerprint density at radius 2 is 2.00 bits per heavy atom. The highest BCUT2D eigenvalue weighted by Gasteiger charge is 2.23. The fourth-order valence-electron chi connectivity index (χ4n) is 2.24. The molecule has 0 bridgehead atoms. The van der Waals surface area contributed by atoms with Crippen molar-refractivity contribution >= 4 is 0 Å². The molecule has 0 spiro atoms. The molecule has 3 nitrogen and oxygen atoms in total. The first kappa shape index (κ1) is 13.1. The van der Waals surface area contributed by atoms with E-state index in [2.05, 4.69) is 10.3 Å². The number of hydrogen-bond donors (Lipinski definition) is 1. The smallest absolute Gasteiger partial charge is 0.146 e. The molecule has 20 heavy (non-hydrogen) atoms. The van der Waals surface area contributed by atoms with E-state index in [1.165, 1.54) is 6.20 Å². The normalized spacial score (nSPS) is 15.9. The largest absolute Gasteiger partial charge is 0.490 e. The van der Waals surface area contributed by atoms with E-state index in [-0.39, 0.29) is 11.9 Å². The lowest BCUT2D eigenvalue weighted by Gasteiger charge is -2.18. The summed E-state index contributed by atoms with van der Waals surface area (Å²) in [4.78, 5) is 3.79. The Bertz CT molecular complexity index is 581. The van der Waals surface area contributed by atoms with Crippen LogP contribution in [0.2, 0.25) is 0 Å². The Balaban J connectivity index is 1.83. The minimum Gasteiger partial charge on any atom is -0.490 e. The minimum atomic E-state index is -0.301. The first-order chi connectivity index (χ1) is 9.78. The zero-order chi connectivity index (χ0) is 13.9. The molecule has 0 saturated heterocycles. The second-order valence-electron chi connectivity index (χ2n) is 5.01. The SMILES string of the molecule is CNC(c1ccc(OC2CC2)cc1)c1ccncc1F. The Labute approximate surface area is 117 Å². The van der Waals surface area contributed by atoms with Gasteiger partial charge in [0.2, 0.25) is 0 Å². The summed E-state index contributed by atoms with van der Waals surface area (Å²) in [5, 5.41) is 3.14. The maximum absolute atomic E-state index is 13.8. The molecule has 0 aliphatic heterocycles. The summed E-state index contributed by atoms with van der Waals surface area (Å²) in [7, 11) is 1.82. The van der Waals surface area contributed by atoms with E-state index >= 15 is 0 Å². The van der Waals surface area contributed by atoms with Crippen LogP contribution in [0.3, 0.4) is 0 Å². The summed E-state index contributed by atoms with van der Waals surface area (Å²) >= 11 is 0. The lowest BCUT2D eigenvalue weighted by molar-refractivity contribution is 0.303. The molecule has 1 heterocycles. The molecule has 1 saturated carbocycles. The van der Waals surface area contributed by atoms with Crippen molar-refractivity contribution in [2.45, 2.75) is 25.0 Å². The van der Waals surface area contributed by atoms with Crippen LogP contribution in [-0.2, 0) is 0 Å². The summed E-state index contributed by atoms with van der Waals surface area (Å²) in [5.74, 6) is 0.575. The van der Waals surface area contributed by atoms with Crippen LogP contribution >= 0.6 is 0 Å². The maximum atomic E-state index is 13.8. The predicted octanol–water partition coefficient (Wildman–Crippen LogP) is 3.07. The number of hydrogen-bond acceptors (Lipinski definition) is 3. The van der Waals surface area contributed by atoms with Gasteiger partial charge in [0.1, 0.15) is 11.6 Å². The standard InChI is InChI=1S/C16H17FN2O/c1-18-16(14-8-9-19-10-15(14)17)11-2-4-12(5-3-11)20-13-6-7-13/h2-5,8-10,13,16,18H,6-7H2,1H3. The Kier molecular flexibility index (Phi) is 3.65. The zero-order valence-corrected chi connectivity index (χ0v) is 11.3. The molecule has 1 fully saturated rings. The van der Waals surface area contributed by atoms with Crippen molar-refractivity contribution in [1.82, 2.24) is 10.3 Å². The average Bonchev–Trinajstić information content (AvgIpc) is 3.27. The van der Waals surface area contributed by atoms with Crippen molar-refractivity contribution in [2.24, 2.45) is 0 Å². The summed E-state index contributed by atoms with van der Waals surface area (Å²) in [5.41, 5.74) is 1.60. The van der Waals surface area contributed by atoms with E-state index in [1.807, 2.05) is 31.3 Å². The van der Waals surface area contributed by atoms with E-state index < -0.39 is 0 Å². The quantitative estimate of drug-likeness (QED) is 0.908. The molecule has 3 rings (SSSR count). The predicted molar refractivity (Wildman–Crippen MR) is 75.2 cm³/mol. The molecule has 1 aliphatic rings. The van der Waals surface area contributed by atoms with Gasteiger partial charge in [-0.2, -0.15) is 0 Å². The van der Waals surface area contributed by atoms with Gasteiger partial charge in [-0.3, -0.25) is 4.98 Å². The van der Waals surface area contributed by atoms with Crippen LogP contribution in [0, 0.1) is 5.82 Å². The molecule has 0 amide bonds. The van der Waals surface area contributed by atoms with Crippen LogP contribution in [-0.4, -0.2) is 18.1 Å². The molecule has 0 radical (unpaired) electrons. The fourth-order valence-corrected chi connectivity index (χ4v) is 2.24. The zero-order valence-electron chi connectivity index (χ0n) is 11.3. The third kappa shape index (κ3) is 2.80. The van der Waals surface area contributed by atoms with Crippen molar-refractivity contribution in [2.75, 3.05) is 7.05 Å². The maximum Gasteiger partial charge on any atom is 0.146 e. The highest BCUT2D eigenvalue weighted by molar-refractivity contribution is 5.35. The van der Waals surface area contributed by atoms with Gasteiger partial charge in [0.25, 0.3) is 0 Å². The van der Waals surface area contributed by atoms with Crippen molar-refractivity contribution < 1.29 is 9.13 Å². The van der Waals surface area contributed by atoms with Gasteiger partial charge in [-0.25, -0.2) is 4.39 Å². The van der Waals surface area contributed by atoms with Gasteiger partial charge >= 0.3 is 0 Å². The molecule has 1 aliphatic carbocycles. The lowest BCUT2D eigenvalue weighted by Crippen LogP contribution is -2.19. The Morgan fingerprint density at radius 3 is 2.60 bits per heavy atom. The van der Waals surface area contributed by atoms with Gasteiger partial charge in [-0.05, 0) is 43.7 Å². The van der Waals surface area contributed by atoms with Crippen molar-refractivity contribution in [1.29, 1.82) is 0 Å². The number of pyridine rings is 1. The topological polar surface area (TPSA) is 34.1 Å². The van der Waals surface area contributed by atoms with E-state index in [1.54, 1.807) is 12.3 Å². The fraction of sp³-hybridized carbons (Fsp3) is 0.312. The van der Waals surface area contributed by atoms with Crippen LogP contribution in [0.1, 0.15) is 30.0 Å². The van der Waals surface area contributed by atoms with Gasteiger partial charge in [-0.1, -0.05) is 12.1 Å². The Hall–Kier alpha value is -1.94. The third-order valence-electron chi connectivity index (χ3n) is 3.44. The van der Waals surface area contributed by atoms with Crippen LogP contribution in [0.5, 0.6) is 5.75 Å². The van der Waals surface area contributed by atoms with Gasteiger partial charge in [-0.15, -0.1) is 0 Å². The summed E-state index contributed by atoms with van der Waals surface area (Å²) < 4.78 is 19.6.